The number of hydrogen-bond donors (Lipinski definition) is 2. The van der Waals surface area contributed by atoms with Crippen molar-refractivity contribution in [3.63, 3.8) is 0 Å². The van der Waals surface area contributed by atoms with Gasteiger partial charge in [0.2, 0.25) is 0 Å². The van der Waals surface area contributed by atoms with Gasteiger partial charge in [0, 0.05) is 17.8 Å². The molecule has 1 saturated heterocycles. The van der Waals surface area contributed by atoms with Gasteiger partial charge in [-0.2, -0.15) is 5.10 Å². The van der Waals surface area contributed by atoms with Crippen LogP contribution in [-0.4, -0.2) is 26.6 Å². The number of hydrogen-bond acceptors (Lipinski definition) is 4. The normalized spacial score (nSPS) is 18.7. The molecule has 0 aromatic carbocycles. The van der Waals surface area contributed by atoms with E-state index in [4.69, 9.17) is 0 Å². The summed E-state index contributed by atoms with van der Waals surface area (Å²) >= 11 is 0. The first-order chi connectivity index (χ1) is 8.24. The van der Waals surface area contributed by atoms with E-state index in [0.29, 0.717) is 11.6 Å². The zero-order valence-electron chi connectivity index (χ0n) is 11.3. The minimum absolute atomic E-state index is 0. The van der Waals surface area contributed by atoms with Crippen molar-refractivity contribution >= 4 is 5.65 Å². The number of nitrogens with zero attached hydrogens (tertiary/aromatic N) is 2. The van der Waals surface area contributed by atoms with Crippen LogP contribution < -0.4 is 62.3 Å². The molecule has 1 aliphatic heterocycles. The molecular formula is C12H17KN4O2. The van der Waals surface area contributed by atoms with E-state index in [1.807, 2.05) is 6.07 Å². The number of nitrogens with one attached hydrogen (secondary N) is 2. The topological polar surface area (TPSA) is 92.2 Å². The summed E-state index contributed by atoms with van der Waals surface area (Å²) in [6.45, 7) is 2.84. The van der Waals surface area contributed by atoms with Crippen molar-refractivity contribution < 1.29 is 56.9 Å². The predicted octanol–water partition coefficient (Wildman–Crippen LogP) is -2.03. The van der Waals surface area contributed by atoms with E-state index < -0.39 is 0 Å². The molecule has 0 bridgehead atoms. The quantitative estimate of drug-likeness (QED) is 0.592. The molecule has 0 spiro atoms. The van der Waals surface area contributed by atoms with Crippen LogP contribution in [0.25, 0.3) is 5.65 Å². The number of rotatable bonds is 1. The number of aromatic amines is 1. The zero-order chi connectivity index (χ0) is 11.8. The van der Waals surface area contributed by atoms with Gasteiger partial charge in [-0.25, -0.2) is 4.52 Å². The van der Waals surface area contributed by atoms with Crippen molar-refractivity contribution in [1.82, 2.24) is 19.9 Å². The van der Waals surface area contributed by atoms with Gasteiger partial charge >= 0.3 is 51.4 Å². The Bertz CT molecular complexity index is 601. The smallest absolute Gasteiger partial charge is 0.870 e. The maximum Gasteiger partial charge on any atom is 1.00 e. The average molecular weight is 288 g/mol. The molecule has 1 atom stereocenters. The molecule has 1 aliphatic rings. The maximum atomic E-state index is 11.5. The van der Waals surface area contributed by atoms with E-state index in [1.165, 1.54) is 12.8 Å². The summed E-state index contributed by atoms with van der Waals surface area (Å²) in [5, 5.41) is 7.98. The molecular weight excluding hydrogens is 271 g/mol. The van der Waals surface area contributed by atoms with Gasteiger partial charge in [-0.3, -0.25) is 4.79 Å². The molecule has 2 aromatic heterocycles. The van der Waals surface area contributed by atoms with Gasteiger partial charge in [0.1, 0.15) is 5.65 Å². The molecule has 98 valence electrons. The first-order valence-corrected chi connectivity index (χ1v) is 6.06. The first-order valence-electron chi connectivity index (χ1n) is 6.06. The van der Waals surface area contributed by atoms with Crippen molar-refractivity contribution in [3.8, 4) is 0 Å². The Morgan fingerprint density at radius 2 is 2.21 bits per heavy atom. The van der Waals surface area contributed by atoms with Crippen molar-refractivity contribution in [3.05, 3.63) is 33.9 Å². The Morgan fingerprint density at radius 3 is 2.89 bits per heavy atom. The van der Waals surface area contributed by atoms with E-state index in [2.05, 4.69) is 15.4 Å². The van der Waals surface area contributed by atoms with Crippen LogP contribution in [0.3, 0.4) is 0 Å². The van der Waals surface area contributed by atoms with Gasteiger partial charge < -0.3 is 15.8 Å². The molecule has 6 nitrogen and oxygen atoms in total. The number of fused-ring (bicyclic) bond motifs is 1. The molecule has 0 aliphatic carbocycles. The SMILES string of the molecule is Cc1cn2nc(C3CCCCN3)cc2[nH]c1=O.[K+].[OH-]. The van der Waals surface area contributed by atoms with Crippen LogP contribution in [0.5, 0.6) is 0 Å². The molecule has 1 unspecified atom stereocenters. The Hall–Kier alpha value is -0.0236. The minimum Gasteiger partial charge on any atom is -0.870 e. The molecule has 0 saturated carbocycles. The van der Waals surface area contributed by atoms with Crippen LogP contribution in [0, 0.1) is 6.92 Å². The molecule has 7 heteroatoms. The third kappa shape index (κ3) is 3.55. The Balaban J connectivity index is 0.000000902. The molecule has 0 amide bonds. The summed E-state index contributed by atoms with van der Waals surface area (Å²) in [7, 11) is 0. The van der Waals surface area contributed by atoms with Gasteiger partial charge in [0.25, 0.3) is 5.56 Å². The summed E-state index contributed by atoms with van der Waals surface area (Å²) in [6.07, 6.45) is 5.37. The fourth-order valence-electron chi connectivity index (χ4n) is 2.34. The number of aromatic nitrogens is 3. The summed E-state index contributed by atoms with van der Waals surface area (Å²) in [6, 6.07) is 2.29. The minimum atomic E-state index is -0.0412. The van der Waals surface area contributed by atoms with Crippen molar-refractivity contribution in [2.45, 2.75) is 32.2 Å². The van der Waals surface area contributed by atoms with Crippen LogP contribution in [0.15, 0.2) is 17.1 Å². The standard InChI is InChI=1S/C12H16N4O.K.H2O/c1-8-7-16-11(14-12(8)17)6-10(15-16)9-4-2-3-5-13-9;;/h6-7,9,13H,2-5H2,1H3,(H,14,17);;1H2/q;+1;/p-1. The molecule has 0 radical (unpaired) electrons. The fraction of sp³-hybridized carbons (Fsp3) is 0.500. The second kappa shape index (κ2) is 7.12. The molecule has 1 fully saturated rings. The van der Waals surface area contributed by atoms with Gasteiger partial charge in [-0.15, -0.1) is 0 Å². The summed E-state index contributed by atoms with van der Waals surface area (Å²) in [5.74, 6) is 0. The van der Waals surface area contributed by atoms with Gasteiger partial charge in [0.15, 0.2) is 0 Å². The molecule has 2 aromatic rings. The van der Waals surface area contributed by atoms with Crippen molar-refractivity contribution in [2.75, 3.05) is 6.54 Å². The first kappa shape index (κ1) is 17.0. The Kier molecular flexibility index (Phi) is 6.38. The maximum absolute atomic E-state index is 11.5. The third-order valence-corrected chi connectivity index (χ3v) is 3.34. The summed E-state index contributed by atoms with van der Waals surface area (Å²) in [4.78, 5) is 14.3. The van der Waals surface area contributed by atoms with Crippen LogP contribution in [-0.2, 0) is 0 Å². The third-order valence-electron chi connectivity index (χ3n) is 3.34. The van der Waals surface area contributed by atoms with Crippen molar-refractivity contribution in [1.29, 1.82) is 0 Å². The van der Waals surface area contributed by atoms with Crippen molar-refractivity contribution in [2.24, 2.45) is 0 Å². The largest absolute Gasteiger partial charge is 1.00 e. The van der Waals surface area contributed by atoms with Gasteiger partial charge in [-0.1, -0.05) is 6.42 Å². The molecule has 3 rings (SSSR count). The van der Waals surface area contributed by atoms with E-state index in [1.54, 1.807) is 17.6 Å². The van der Waals surface area contributed by atoms with E-state index >= 15 is 0 Å². The summed E-state index contributed by atoms with van der Waals surface area (Å²) in [5.41, 5.74) is 2.43. The summed E-state index contributed by atoms with van der Waals surface area (Å²) < 4.78 is 1.75. The molecule has 19 heavy (non-hydrogen) atoms. The van der Waals surface area contributed by atoms with Crippen LogP contribution in [0.2, 0.25) is 0 Å². The number of aryl methyl sites for hydroxylation is 1. The Morgan fingerprint density at radius 1 is 1.42 bits per heavy atom. The second-order valence-electron chi connectivity index (χ2n) is 4.67. The fourth-order valence-corrected chi connectivity index (χ4v) is 2.34. The second-order valence-corrected chi connectivity index (χ2v) is 4.67. The van der Waals surface area contributed by atoms with Crippen LogP contribution in [0.1, 0.15) is 36.6 Å². The molecule has 3 heterocycles. The number of H-pyrrole nitrogens is 1. The zero-order valence-corrected chi connectivity index (χ0v) is 14.4. The molecule has 3 N–H and O–H groups in total. The van der Waals surface area contributed by atoms with E-state index in [0.717, 1.165) is 24.3 Å². The Labute approximate surface area is 153 Å². The monoisotopic (exact) mass is 288 g/mol. The van der Waals surface area contributed by atoms with Crippen LogP contribution in [0.4, 0.5) is 0 Å². The number of piperidine rings is 1. The predicted molar refractivity (Wildman–Crippen MR) is 67.1 cm³/mol. The van der Waals surface area contributed by atoms with Gasteiger partial charge in [0.05, 0.1) is 11.7 Å². The van der Waals surface area contributed by atoms with Crippen LogP contribution >= 0.6 is 0 Å². The van der Waals surface area contributed by atoms with E-state index in [-0.39, 0.29) is 62.4 Å². The van der Waals surface area contributed by atoms with Gasteiger partial charge in [-0.05, 0) is 26.3 Å². The van der Waals surface area contributed by atoms with E-state index in [9.17, 15) is 4.79 Å². The average Bonchev–Trinajstić information content (AvgIpc) is 2.74.